The van der Waals surface area contributed by atoms with Gasteiger partial charge < -0.3 is 0 Å². The summed E-state index contributed by atoms with van der Waals surface area (Å²) < 4.78 is 0. The second-order valence-corrected chi connectivity index (χ2v) is 3.93. The Bertz CT molecular complexity index is 216. The first-order chi connectivity index (χ1) is 5.24. The molecule has 1 aromatic rings. The molecule has 2 heteroatoms. The van der Waals surface area contributed by atoms with Crippen LogP contribution in [0.2, 0.25) is 0 Å². The zero-order valence-electron chi connectivity index (χ0n) is 6.55. The van der Waals surface area contributed by atoms with Crippen LogP contribution in [-0.4, -0.2) is 0 Å². The fourth-order valence-electron chi connectivity index (χ4n) is 0.910. The van der Waals surface area contributed by atoms with E-state index in [1.807, 2.05) is 0 Å². The van der Waals surface area contributed by atoms with E-state index in [9.17, 15) is 0 Å². The van der Waals surface area contributed by atoms with Gasteiger partial charge in [0.1, 0.15) is 0 Å². The number of hydrogen-bond acceptors (Lipinski definition) is 0. The summed E-state index contributed by atoms with van der Waals surface area (Å²) in [5.41, 5.74) is 3.05. The van der Waals surface area contributed by atoms with Crippen LogP contribution in [0.1, 0.15) is 23.7 Å². The lowest BCUT2D eigenvalue weighted by atomic mass is 10.1. The number of rotatable bonds is 2. The van der Waals surface area contributed by atoms with Gasteiger partial charge in [0.05, 0.1) is 0 Å². The summed E-state index contributed by atoms with van der Waals surface area (Å²) >= 11 is 5.65. The van der Waals surface area contributed by atoms with Gasteiger partial charge in [0.15, 0.2) is 0 Å². The molecule has 0 N–H and O–H groups in total. The lowest BCUT2D eigenvalue weighted by Gasteiger charge is -2.04. The minimum absolute atomic E-state index is 0.527. The quantitative estimate of drug-likeness (QED) is 0.491. The normalized spacial score (nSPS) is 13.0. The zero-order valence-corrected chi connectivity index (χ0v) is 8.46. The monoisotopic (exact) mass is 186 g/mol. The van der Waals surface area contributed by atoms with Crippen molar-refractivity contribution < 1.29 is 0 Å². The molecule has 0 aliphatic heterocycles. The standard InChI is InChI=1S/C9H12ClP/c1-7(11)9-4-2-8(6-10)3-5-9/h2-5,7H,6,11H2,1H3. The number of halogens is 1. The van der Waals surface area contributed by atoms with Crippen LogP contribution < -0.4 is 0 Å². The van der Waals surface area contributed by atoms with Crippen molar-refractivity contribution in [2.24, 2.45) is 0 Å². The maximum absolute atomic E-state index is 5.65. The predicted molar refractivity (Wildman–Crippen MR) is 54.1 cm³/mol. The Morgan fingerprint density at radius 1 is 1.36 bits per heavy atom. The van der Waals surface area contributed by atoms with Gasteiger partial charge >= 0.3 is 0 Å². The van der Waals surface area contributed by atoms with E-state index in [2.05, 4.69) is 40.4 Å². The molecule has 1 rings (SSSR count). The Morgan fingerprint density at radius 2 is 1.91 bits per heavy atom. The van der Waals surface area contributed by atoms with Crippen LogP contribution in [0.5, 0.6) is 0 Å². The highest BCUT2D eigenvalue weighted by Gasteiger charge is 1.97. The summed E-state index contributed by atoms with van der Waals surface area (Å²) in [6.07, 6.45) is 0. The molecule has 0 spiro atoms. The van der Waals surface area contributed by atoms with E-state index in [1.165, 1.54) is 11.1 Å². The SMILES string of the molecule is CC(P)c1ccc(CCl)cc1. The molecule has 0 amide bonds. The van der Waals surface area contributed by atoms with Crippen LogP contribution in [0.4, 0.5) is 0 Å². The highest BCUT2D eigenvalue weighted by atomic mass is 35.5. The maximum atomic E-state index is 5.65. The van der Waals surface area contributed by atoms with Crippen LogP contribution >= 0.6 is 20.8 Å². The summed E-state index contributed by atoms with van der Waals surface area (Å²) in [5.74, 6) is 0.603. The van der Waals surface area contributed by atoms with Gasteiger partial charge in [-0.2, -0.15) is 0 Å². The molecule has 0 saturated carbocycles. The van der Waals surface area contributed by atoms with Gasteiger partial charge in [-0.1, -0.05) is 31.2 Å². The van der Waals surface area contributed by atoms with Crippen LogP contribution in [-0.2, 0) is 5.88 Å². The molecule has 0 aliphatic rings. The summed E-state index contributed by atoms with van der Waals surface area (Å²) in [6, 6.07) is 8.39. The van der Waals surface area contributed by atoms with Crippen molar-refractivity contribution in [1.29, 1.82) is 0 Å². The summed E-state index contributed by atoms with van der Waals surface area (Å²) in [4.78, 5) is 0. The van der Waals surface area contributed by atoms with Crippen LogP contribution in [0.25, 0.3) is 0 Å². The van der Waals surface area contributed by atoms with E-state index in [-0.39, 0.29) is 0 Å². The molecule has 2 atom stereocenters. The van der Waals surface area contributed by atoms with Gasteiger partial charge in [0.2, 0.25) is 0 Å². The average Bonchev–Trinajstić information content (AvgIpc) is 2.05. The highest BCUT2D eigenvalue weighted by molar-refractivity contribution is 7.17. The molecular weight excluding hydrogens is 175 g/mol. The molecule has 0 fully saturated rings. The third-order valence-electron chi connectivity index (χ3n) is 1.66. The van der Waals surface area contributed by atoms with Crippen molar-refractivity contribution in [3.63, 3.8) is 0 Å². The Labute approximate surface area is 75.2 Å². The largest absolute Gasteiger partial charge is 0.130 e. The van der Waals surface area contributed by atoms with Gasteiger partial charge in [-0.3, -0.25) is 0 Å². The maximum Gasteiger partial charge on any atom is 0.0474 e. The van der Waals surface area contributed by atoms with Crippen LogP contribution in [0, 0.1) is 0 Å². The molecule has 0 saturated heterocycles. The number of benzene rings is 1. The van der Waals surface area contributed by atoms with Gasteiger partial charge in [-0.25, -0.2) is 0 Å². The highest BCUT2D eigenvalue weighted by Crippen LogP contribution is 2.21. The lowest BCUT2D eigenvalue weighted by molar-refractivity contribution is 1.10. The second kappa shape index (κ2) is 4.09. The molecule has 0 bridgehead atoms. The smallest absolute Gasteiger partial charge is 0.0474 e. The fraction of sp³-hybridized carbons (Fsp3) is 0.333. The Hall–Kier alpha value is -0.0600. The van der Waals surface area contributed by atoms with E-state index in [0.717, 1.165) is 0 Å². The second-order valence-electron chi connectivity index (χ2n) is 2.66. The van der Waals surface area contributed by atoms with Gasteiger partial charge in [0.25, 0.3) is 0 Å². The van der Waals surface area contributed by atoms with Gasteiger partial charge in [-0.15, -0.1) is 20.8 Å². The van der Waals surface area contributed by atoms with E-state index in [0.29, 0.717) is 11.5 Å². The van der Waals surface area contributed by atoms with Crippen molar-refractivity contribution in [3.8, 4) is 0 Å². The summed E-state index contributed by atoms with van der Waals surface area (Å²) in [5, 5.41) is 0. The molecule has 0 radical (unpaired) electrons. The zero-order chi connectivity index (χ0) is 8.27. The summed E-state index contributed by atoms with van der Waals surface area (Å²) in [7, 11) is 2.77. The lowest BCUT2D eigenvalue weighted by Crippen LogP contribution is -1.83. The van der Waals surface area contributed by atoms with Crippen LogP contribution in [0.3, 0.4) is 0 Å². The Balaban J connectivity index is 2.83. The first-order valence-electron chi connectivity index (χ1n) is 3.64. The molecule has 0 heterocycles. The van der Waals surface area contributed by atoms with E-state index in [4.69, 9.17) is 11.6 Å². The third-order valence-corrected chi connectivity index (χ3v) is 2.35. The van der Waals surface area contributed by atoms with E-state index < -0.39 is 0 Å². The first kappa shape index (κ1) is 9.03. The molecule has 11 heavy (non-hydrogen) atoms. The van der Waals surface area contributed by atoms with Crippen molar-refractivity contribution >= 4 is 20.8 Å². The number of hydrogen-bond donors (Lipinski definition) is 0. The Kier molecular flexibility index (Phi) is 3.36. The van der Waals surface area contributed by atoms with E-state index in [1.54, 1.807) is 0 Å². The van der Waals surface area contributed by atoms with Crippen molar-refractivity contribution in [2.45, 2.75) is 18.5 Å². The topological polar surface area (TPSA) is 0 Å². The van der Waals surface area contributed by atoms with Gasteiger partial charge in [0, 0.05) is 5.88 Å². The summed E-state index contributed by atoms with van der Waals surface area (Å²) in [6.45, 7) is 2.15. The molecule has 0 aliphatic carbocycles. The van der Waals surface area contributed by atoms with E-state index >= 15 is 0 Å². The first-order valence-corrected chi connectivity index (χ1v) is 4.84. The average molecular weight is 187 g/mol. The van der Waals surface area contributed by atoms with Crippen molar-refractivity contribution in [1.82, 2.24) is 0 Å². The molecule has 0 nitrogen and oxygen atoms in total. The molecule has 0 aromatic heterocycles. The molecule has 60 valence electrons. The third kappa shape index (κ3) is 2.47. The predicted octanol–water partition coefficient (Wildman–Crippen LogP) is 3.36. The minimum atomic E-state index is 0.527. The molecule has 1 aromatic carbocycles. The van der Waals surface area contributed by atoms with Crippen LogP contribution in [0.15, 0.2) is 24.3 Å². The number of alkyl halides is 1. The van der Waals surface area contributed by atoms with Gasteiger partial charge in [-0.05, 0) is 16.8 Å². The fourth-order valence-corrected chi connectivity index (χ4v) is 1.31. The Morgan fingerprint density at radius 3 is 2.27 bits per heavy atom. The molecule has 2 unspecified atom stereocenters. The van der Waals surface area contributed by atoms with Crippen molar-refractivity contribution in [3.05, 3.63) is 35.4 Å². The van der Waals surface area contributed by atoms with Crippen molar-refractivity contribution in [2.75, 3.05) is 0 Å². The minimum Gasteiger partial charge on any atom is -0.130 e. The molecular formula is C9H12ClP.